The summed E-state index contributed by atoms with van der Waals surface area (Å²) in [5.41, 5.74) is 3.28. The van der Waals surface area contributed by atoms with Gasteiger partial charge in [-0.3, -0.25) is 9.69 Å². The van der Waals surface area contributed by atoms with E-state index in [0.717, 1.165) is 30.3 Å². The number of aromatic amines is 1. The number of H-pyrrole nitrogens is 1. The molecule has 2 aliphatic heterocycles. The summed E-state index contributed by atoms with van der Waals surface area (Å²) in [4.78, 5) is 23.4. The van der Waals surface area contributed by atoms with E-state index in [1.165, 1.54) is 32.4 Å². The maximum Gasteiger partial charge on any atom is 0.249 e. The lowest BCUT2D eigenvalue weighted by molar-refractivity contribution is 0.250. The summed E-state index contributed by atoms with van der Waals surface area (Å²) >= 11 is 1.90. The Bertz CT molecular complexity index is 1000. The standard InChI is InChI=1S/C22H27N3OS/c1-16(19-7-4-6-18-8-9-21(26)24-22(18)23-19)5-2-3-12-25-13-10-17-11-14-27-20(17)15-25/h6-9,11,14,16H,2-5,10,12-13,15H2,1H3,(H,23,24,26). The zero-order valence-electron chi connectivity index (χ0n) is 15.9. The summed E-state index contributed by atoms with van der Waals surface area (Å²) in [5.74, 6) is 0.415. The minimum Gasteiger partial charge on any atom is -0.307 e. The molecule has 4 rings (SSSR count). The van der Waals surface area contributed by atoms with Crippen molar-refractivity contribution in [3.05, 3.63) is 66.9 Å². The average molecular weight is 382 g/mol. The molecule has 0 aromatic carbocycles. The third kappa shape index (κ3) is 4.47. The van der Waals surface area contributed by atoms with Crippen molar-refractivity contribution in [3.8, 4) is 0 Å². The van der Waals surface area contributed by atoms with Crippen molar-refractivity contribution < 1.29 is 0 Å². The van der Waals surface area contributed by atoms with Crippen molar-refractivity contribution in [2.45, 2.75) is 45.6 Å². The zero-order chi connectivity index (χ0) is 18.6. The van der Waals surface area contributed by atoms with Crippen molar-refractivity contribution in [2.75, 3.05) is 13.1 Å². The van der Waals surface area contributed by atoms with Gasteiger partial charge in [0.2, 0.25) is 5.56 Å². The first-order valence-corrected chi connectivity index (χ1v) is 10.8. The van der Waals surface area contributed by atoms with Gasteiger partial charge in [0.25, 0.3) is 0 Å². The SMILES string of the molecule is CC(CCCCN1CCc2ccsc2C1)C1=CCC=c2ccc(=O)[nH]c2=N1. The summed E-state index contributed by atoms with van der Waals surface area (Å²) in [6.07, 6.45) is 9.99. The quantitative estimate of drug-likeness (QED) is 0.782. The molecule has 0 bridgehead atoms. The summed E-state index contributed by atoms with van der Waals surface area (Å²) in [7, 11) is 0. The fourth-order valence-corrected chi connectivity index (χ4v) is 4.91. The Hall–Kier alpha value is -1.98. The second-order valence-corrected chi connectivity index (χ2v) is 8.60. The van der Waals surface area contributed by atoms with Crippen LogP contribution < -0.4 is 16.3 Å². The highest BCUT2D eigenvalue weighted by Gasteiger charge is 2.17. The van der Waals surface area contributed by atoms with Crippen LogP contribution in [0.3, 0.4) is 0 Å². The Balaban J connectivity index is 1.29. The van der Waals surface area contributed by atoms with E-state index >= 15 is 0 Å². The number of aromatic nitrogens is 1. The average Bonchev–Trinajstić information content (AvgIpc) is 3.03. The van der Waals surface area contributed by atoms with Gasteiger partial charge in [-0.1, -0.05) is 25.5 Å². The molecule has 0 saturated heterocycles. The van der Waals surface area contributed by atoms with Crippen LogP contribution >= 0.6 is 11.3 Å². The van der Waals surface area contributed by atoms with Gasteiger partial charge in [0, 0.05) is 34.9 Å². The highest BCUT2D eigenvalue weighted by Crippen LogP contribution is 2.25. The highest BCUT2D eigenvalue weighted by molar-refractivity contribution is 7.10. The van der Waals surface area contributed by atoms with E-state index in [1.54, 1.807) is 16.5 Å². The maximum atomic E-state index is 11.6. The molecule has 0 amide bonds. The smallest absolute Gasteiger partial charge is 0.249 e. The molecular formula is C22H27N3OS. The number of hydrogen-bond donors (Lipinski definition) is 1. The van der Waals surface area contributed by atoms with E-state index < -0.39 is 0 Å². The number of thiophene rings is 1. The number of nitrogens with one attached hydrogen (secondary N) is 1. The highest BCUT2D eigenvalue weighted by atomic mass is 32.1. The topological polar surface area (TPSA) is 48.5 Å². The molecule has 2 aromatic rings. The predicted octanol–water partition coefficient (Wildman–Crippen LogP) is 2.99. The first-order chi connectivity index (χ1) is 13.2. The Morgan fingerprint density at radius 1 is 1.26 bits per heavy atom. The van der Waals surface area contributed by atoms with Gasteiger partial charge >= 0.3 is 0 Å². The van der Waals surface area contributed by atoms with Crippen LogP contribution in [-0.4, -0.2) is 23.0 Å². The van der Waals surface area contributed by atoms with E-state index in [-0.39, 0.29) is 5.56 Å². The van der Waals surface area contributed by atoms with E-state index in [4.69, 9.17) is 4.99 Å². The minimum atomic E-state index is -0.0877. The van der Waals surface area contributed by atoms with Crippen LogP contribution in [0, 0.1) is 5.92 Å². The van der Waals surface area contributed by atoms with Gasteiger partial charge in [0.1, 0.15) is 5.49 Å². The summed E-state index contributed by atoms with van der Waals surface area (Å²) in [6.45, 7) is 5.76. The lowest BCUT2D eigenvalue weighted by Gasteiger charge is -2.26. The van der Waals surface area contributed by atoms with Crippen LogP contribution in [0.1, 0.15) is 43.0 Å². The number of rotatable bonds is 6. The second kappa shape index (κ2) is 8.36. The van der Waals surface area contributed by atoms with Gasteiger partial charge in [0.15, 0.2) is 0 Å². The molecule has 2 aromatic heterocycles. The first kappa shape index (κ1) is 18.4. The third-order valence-electron chi connectivity index (χ3n) is 5.60. The molecule has 0 radical (unpaired) electrons. The molecule has 0 saturated carbocycles. The van der Waals surface area contributed by atoms with Crippen LogP contribution in [0.25, 0.3) is 6.08 Å². The van der Waals surface area contributed by atoms with Crippen molar-refractivity contribution in [1.29, 1.82) is 0 Å². The van der Waals surface area contributed by atoms with E-state index in [9.17, 15) is 4.79 Å². The monoisotopic (exact) mass is 381 g/mol. The van der Waals surface area contributed by atoms with E-state index in [2.05, 4.69) is 40.4 Å². The number of pyridine rings is 1. The van der Waals surface area contributed by atoms with Gasteiger partial charge in [-0.15, -0.1) is 11.3 Å². The number of hydrogen-bond acceptors (Lipinski definition) is 4. The molecule has 142 valence electrons. The lowest BCUT2D eigenvalue weighted by Crippen LogP contribution is -2.33. The van der Waals surface area contributed by atoms with E-state index in [1.807, 2.05) is 17.4 Å². The maximum absolute atomic E-state index is 11.6. The Kier molecular flexibility index (Phi) is 5.69. The predicted molar refractivity (Wildman–Crippen MR) is 111 cm³/mol. The van der Waals surface area contributed by atoms with Gasteiger partial charge in [0.05, 0.1) is 0 Å². The fourth-order valence-electron chi connectivity index (χ4n) is 3.94. The number of unbranched alkanes of at least 4 members (excludes halogenated alkanes) is 1. The largest absolute Gasteiger partial charge is 0.307 e. The number of nitrogens with zero attached hydrogens (tertiary/aromatic N) is 2. The molecule has 0 spiro atoms. The minimum absolute atomic E-state index is 0.0877. The van der Waals surface area contributed by atoms with E-state index in [0.29, 0.717) is 11.4 Å². The van der Waals surface area contributed by atoms with Crippen LogP contribution in [0.4, 0.5) is 0 Å². The summed E-state index contributed by atoms with van der Waals surface area (Å²) in [6, 6.07) is 5.71. The molecule has 1 unspecified atom stereocenters. The van der Waals surface area contributed by atoms with Crippen LogP contribution in [0.15, 0.2) is 45.1 Å². The summed E-state index contributed by atoms with van der Waals surface area (Å²) < 4.78 is 0. The van der Waals surface area contributed by atoms with Crippen molar-refractivity contribution in [2.24, 2.45) is 10.9 Å². The molecule has 1 N–H and O–H groups in total. The Labute approximate surface area is 164 Å². The molecule has 0 aliphatic carbocycles. The molecule has 2 aliphatic rings. The van der Waals surface area contributed by atoms with Crippen molar-refractivity contribution in [3.63, 3.8) is 0 Å². The van der Waals surface area contributed by atoms with Gasteiger partial charge < -0.3 is 4.98 Å². The van der Waals surface area contributed by atoms with Gasteiger partial charge in [-0.25, -0.2) is 4.99 Å². The van der Waals surface area contributed by atoms with Gasteiger partial charge in [-0.2, -0.15) is 0 Å². The van der Waals surface area contributed by atoms with Crippen molar-refractivity contribution >= 4 is 17.4 Å². The molecule has 4 nitrogen and oxygen atoms in total. The molecule has 5 heteroatoms. The Morgan fingerprint density at radius 3 is 3.11 bits per heavy atom. The number of fused-ring (bicyclic) bond motifs is 2. The molecule has 1 atom stereocenters. The van der Waals surface area contributed by atoms with Crippen molar-refractivity contribution in [1.82, 2.24) is 9.88 Å². The third-order valence-corrected chi connectivity index (χ3v) is 6.55. The zero-order valence-corrected chi connectivity index (χ0v) is 16.7. The van der Waals surface area contributed by atoms with Crippen LogP contribution in [0.5, 0.6) is 0 Å². The molecular weight excluding hydrogens is 354 g/mol. The molecule has 27 heavy (non-hydrogen) atoms. The fraction of sp³-hybridized carbons (Fsp3) is 0.455. The lowest BCUT2D eigenvalue weighted by atomic mass is 9.99. The normalized spacial score (nSPS) is 17.7. The second-order valence-electron chi connectivity index (χ2n) is 7.60. The molecule has 4 heterocycles. The Morgan fingerprint density at radius 2 is 2.19 bits per heavy atom. The van der Waals surface area contributed by atoms with Crippen LogP contribution in [-0.2, 0) is 13.0 Å². The van der Waals surface area contributed by atoms with Crippen LogP contribution in [0.2, 0.25) is 0 Å². The number of allylic oxidation sites excluding steroid dienone is 2. The molecule has 0 fully saturated rings. The first-order valence-electron chi connectivity index (χ1n) is 9.95. The van der Waals surface area contributed by atoms with Gasteiger partial charge in [-0.05, 0) is 61.2 Å². The summed E-state index contributed by atoms with van der Waals surface area (Å²) in [5, 5.41) is 3.24.